The summed E-state index contributed by atoms with van der Waals surface area (Å²) < 4.78 is 0.620. The van der Waals surface area contributed by atoms with Crippen LogP contribution in [0.4, 0.5) is 5.13 Å². The molecule has 2 heterocycles. The van der Waals surface area contributed by atoms with E-state index >= 15 is 0 Å². The van der Waals surface area contributed by atoms with E-state index in [9.17, 15) is 9.59 Å². The Balaban J connectivity index is 1.76. The molecule has 8 heteroatoms. The average molecular weight is 315 g/mol. The summed E-state index contributed by atoms with van der Waals surface area (Å²) >= 11 is 1.21. The number of aromatic nitrogens is 3. The molecule has 0 bridgehead atoms. The fourth-order valence-electron chi connectivity index (χ4n) is 1.94. The van der Waals surface area contributed by atoms with Crippen LogP contribution in [0.1, 0.15) is 23.0 Å². The van der Waals surface area contributed by atoms with Crippen molar-refractivity contribution in [3.8, 4) is 0 Å². The zero-order chi connectivity index (χ0) is 15.5. The molecule has 0 saturated heterocycles. The molecule has 2 aromatic heterocycles. The molecular formula is C14H13N5O2S. The van der Waals surface area contributed by atoms with Crippen LogP contribution in [0.3, 0.4) is 0 Å². The second-order valence-electron chi connectivity index (χ2n) is 4.62. The quantitative estimate of drug-likeness (QED) is 0.684. The third-order valence-electron chi connectivity index (χ3n) is 2.91. The highest BCUT2D eigenvalue weighted by molar-refractivity contribution is 7.22. The monoisotopic (exact) mass is 315 g/mol. The molecule has 3 aromatic rings. The molecule has 0 atom stereocenters. The minimum atomic E-state index is -0.284. The predicted octanol–water partition coefficient (Wildman–Crippen LogP) is 1.91. The van der Waals surface area contributed by atoms with Crippen LogP contribution in [-0.2, 0) is 11.3 Å². The van der Waals surface area contributed by atoms with Crippen LogP contribution in [0.25, 0.3) is 10.3 Å². The van der Waals surface area contributed by atoms with Crippen molar-refractivity contribution in [3.63, 3.8) is 0 Å². The van der Waals surface area contributed by atoms with Gasteiger partial charge in [0, 0.05) is 13.5 Å². The van der Waals surface area contributed by atoms with Gasteiger partial charge in [-0.05, 0) is 5.56 Å². The Morgan fingerprint density at radius 2 is 2.05 bits per heavy atom. The Bertz CT molecular complexity index is 824. The van der Waals surface area contributed by atoms with E-state index in [0.717, 1.165) is 5.56 Å². The number of anilines is 1. The fraction of sp³-hybridized carbons (Fsp3) is 0.143. The first kappa shape index (κ1) is 14.2. The van der Waals surface area contributed by atoms with Gasteiger partial charge in [-0.3, -0.25) is 14.7 Å². The largest absolute Gasteiger partial charge is 0.347 e. The van der Waals surface area contributed by atoms with Crippen molar-refractivity contribution < 1.29 is 9.59 Å². The molecule has 0 saturated carbocycles. The van der Waals surface area contributed by atoms with Crippen LogP contribution in [0, 0.1) is 0 Å². The van der Waals surface area contributed by atoms with Crippen molar-refractivity contribution >= 4 is 38.6 Å². The van der Waals surface area contributed by atoms with Crippen LogP contribution >= 0.6 is 11.3 Å². The zero-order valence-electron chi connectivity index (χ0n) is 11.7. The number of fused-ring (bicyclic) bond motifs is 1. The van der Waals surface area contributed by atoms with E-state index in [0.29, 0.717) is 22.0 Å². The lowest BCUT2D eigenvalue weighted by Gasteiger charge is -2.02. The molecule has 0 aliphatic heterocycles. The molecule has 2 amide bonds. The highest BCUT2D eigenvalue weighted by Gasteiger charge is 2.18. The van der Waals surface area contributed by atoms with Crippen molar-refractivity contribution in [1.82, 2.24) is 20.5 Å². The summed E-state index contributed by atoms with van der Waals surface area (Å²) in [6, 6.07) is 9.61. The number of carbonyl (C=O) groups excluding carboxylic acids is 2. The maximum absolute atomic E-state index is 12.2. The van der Waals surface area contributed by atoms with E-state index < -0.39 is 0 Å². The number of amides is 2. The predicted molar refractivity (Wildman–Crippen MR) is 83.7 cm³/mol. The molecule has 0 aliphatic carbocycles. The van der Waals surface area contributed by atoms with Gasteiger partial charge in [-0.2, -0.15) is 5.10 Å². The lowest BCUT2D eigenvalue weighted by atomic mass is 10.2. The van der Waals surface area contributed by atoms with Gasteiger partial charge < -0.3 is 10.6 Å². The molecular weight excluding hydrogens is 302 g/mol. The van der Waals surface area contributed by atoms with Crippen molar-refractivity contribution in [2.45, 2.75) is 13.5 Å². The number of rotatable bonds is 4. The maximum atomic E-state index is 12.2. The van der Waals surface area contributed by atoms with E-state index in [4.69, 9.17) is 0 Å². The number of benzene rings is 1. The molecule has 3 N–H and O–H groups in total. The Kier molecular flexibility index (Phi) is 3.84. The normalized spacial score (nSPS) is 10.6. The molecule has 112 valence electrons. The highest BCUT2D eigenvalue weighted by atomic mass is 32.1. The number of nitrogens with one attached hydrogen (secondary N) is 3. The van der Waals surface area contributed by atoms with Crippen LogP contribution in [0.15, 0.2) is 30.3 Å². The summed E-state index contributed by atoms with van der Waals surface area (Å²) in [5, 5.41) is 12.5. The van der Waals surface area contributed by atoms with Gasteiger partial charge in [-0.25, -0.2) is 4.98 Å². The smallest absolute Gasteiger partial charge is 0.273 e. The van der Waals surface area contributed by atoms with E-state index in [1.165, 1.54) is 18.3 Å². The number of H-pyrrole nitrogens is 1. The molecule has 0 fully saturated rings. The summed E-state index contributed by atoms with van der Waals surface area (Å²) in [5.74, 6) is -0.493. The molecule has 0 unspecified atom stereocenters. The van der Waals surface area contributed by atoms with Crippen molar-refractivity contribution in [3.05, 3.63) is 41.6 Å². The van der Waals surface area contributed by atoms with Gasteiger partial charge in [0.25, 0.3) is 5.91 Å². The molecule has 0 spiro atoms. The maximum Gasteiger partial charge on any atom is 0.273 e. The van der Waals surface area contributed by atoms with E-state index in [1.807, 2.05) is 30.3 Å². The van der Waals surface area contributed by atoms with Gasteiger partial charge in [0.1, 0.15) is 4.70 Å². The van der Waals surface area contributed by atoms with Gasteiger partial charge in [0.15, 0.2) is 16.5 Å². The molecule has 7 nitrogen and oxygen atoms in total. The fourth-order valence-corrected chi connectivity index (χ4v) is 2.88. The summed E-state index contributed by atoms with van der Waals surface area (Å²) in [6.07, 6.45) is 0. The number of carbonyl (C=O) groups is 2. The molecule has 0 aliphatic rings. The molecule has 3 rings (SSSR count). The second-order valence-corrected chi connectivity index (χ2v) is 5.62. The first-order valence-corrected chi connectivity index (χ1v) is 7.40. The van der Waals surface area contributed by atoms with Gasteiger partial charge in [0.05, 0.1) is 0 Å². The van der Waals surface area contributed by atoms with Crippen LogP contribution in [0.2, 0.25) is 0 Å². The lowest BCUT2D eigenvalue weighted by molar-refractivity contribution is -0.114. The van der Waals surface area contributed by atoms with Gasteiger partial charge in [-0.15, -0.1) is 0 Å². The van der Waals surface area contributed by atoms with Crippen LogP contribution in [0.5, 0.6) is 0 Å². The van der Waals surface area contributed by atoms with E-state index in [2.05, 4.69) is 25.8 Å². The van der Waals surface area contributed by atoms with Gasteiger partial charge >= 0.3 is 0 Å². The SMILES string of the molecule is CC(=O)Nc1nc2[nH]nc(C(=O)NCc3ccccc3)c2s1. The second kappa shape index (κ2) is 5.94. The first-order chi connectivity index (χ1) is 10.6. The summed E-state index contributed by atoms with van der Waals surface area (Å²) in [7, 11) is 0. The van der Waals surface area contributed by atoms with Crippen LogP contribution in [-0.4, -0.2) is 27.0 Å². The summed E-state index contributed by atoms with van der Waals surface area (Å²) in [6.45, 7) is 1.83. The number of hydrogen-bond donors (Lipinski definition) is 3. The third-order valence-corrected chi connectivity index (χ3v) is 3.89. The standard InChI is InChI=1S/C14H13N5O2S/c1-8(20)16-14-17-12-11(22-14)10(18-19-12)13(21)15-7-9-5-3-2-4-6-9/h2-6H,7H2,1H3,(H,15,21)(H2,16,17,18,19,20). The van der Waals surface area contributed by atoms with Gasteiger partial charge in [0.2, 0.25) is 5.91 Å². The summed E-state index contributed by atoms with van der Waals surface area (Å²) in [4.78, 5) is 27.4. The number of nitrogens with zero attached hydrogens (tertiary/aromatic N) is 2. The third kappa shape index (κ3) is 2.96. The topological polar surface area (TPSA) is 99.8 Å². The van der Waals surface area contributed by atoms with E-state index in [1.54, 1.807) is 0 Å². The Labute approximate surface area is 129 Å². The molecule has 0 radical (unpaired) electrons. The number of thiazole rings is 1. The minimum absolute atomic E-state index is 0.209. The molecule has 22 heavy (non-hydrogen) atoms. The number of hydrogen-bond acceptors (Lipinski definition) is 5. The Morgan fingerprint density at radius 1 is 1.27 bits per heavy atom. The average Bonchev–Trinajstić information content (AvgIpc) is 3.05. The van der Waals surface area contributed by atoms with Crippen molar-refractivity contribution in [2.75, 3.05) is 5.32 Å². The van der Waals surface area contributed by atoms with Crippen LogP contribution < -0.4 is 10.6 Å². The minimum Gasteiger partial charge on any atom is -0.347 e. The Morgan fingerprint density at radius 3 is 2.77 bits per heavy atom. The first-order valence-electron chi connectivity index (χ1n) is 6.58. The highest BCUT2D eigenvalue weighted by Crippen LogP contribution is 2.27. The van der Waals surface area contributed by atoms with E-state index in [-0.39, 0.29) is 17.5 Å². The van der Waals surface area contributed by atoms with Crippen molar-refractivity contribution in [2.24, 2.45) is 0 Å². The summed E-state index contributed by atoms with van der Waals surface area (Å²) in [5.41, 5.74) is 1.77. The number of aromatic amines is 1. The lowest BCUT2D eigenvalue weighted by Crippen LogP contribution is -2.23. The molecule has 1 aromatic carbocycles. The Hall–Kier alpha value is -2.74. The van der Waals surface area contributed by atoms with Gasteiger partial charge in [-0.1, -0.05) is 41.7 Å². The zero-order valence-corrected chi connectivity index (χ0v) is 12.5. The van der Waals surface area contributed by atoms with Crippen molar-refractivity contribution in [1.29, 1.82) is 0 Å².